The van der Waals surface area contributed by atoms with Crippen LogP contribution in [0.1, 0.15) is 65.7 Å². The van der Waals surface area contributed by atoms with E-state index in [1.165, 1.54) is 30.5 Å². The van der Waals surface area contributed by atoms with E-state index in [1.54, 1.807) is 20.8 Å². The molecule has 1 aromatic heterocycles. The molecule has 0 saturated carbocycles. The summed E-state index contributed by atoms with van der Waals surface area (Å²) in [5.74, 6) is -3.04. The Balaban J connectivity index is 2.65. The molecule has 2 aromatic rings. The minimum absolute atomic E-state index is 0.172. The SMILES string of the molecule is CC(C)(C)OC(=O)N[C@H](CN(C(=O)O)c1ncc(Br)s1)[C@@H](O[Si](C)(C)C(C)(C)C)c1ccc(C(C)(F)F)cc1. The highest BCUT2D eigenvalue weighted by Gasteiger charge is 2.43. The van der Waals surface area contributed by atoms with Gasteiger partial charge in [-0.05, 0) is 60.4 Å². The number of nitrogens with one attached hydrogen (secondary N) is 1. The molecule has 2 rings (SSSR count). The maximum absolute atomic E-state index is 14.0. The zero-order valence-electron chi connectivity index (χ0n) is 23.8. The largest absolute Gasteiger partial charge is 0.465 e. The van der Waals surface area contributed by atoms with Crippen molar-refractivity contribution in [2.45, 2.75) is 90.3 Å². The molecule has 0 unspecified atom stereocenters. The number of amides is 2. The average molecular weight is 651 g/mol. The zero-order valence-corrected chi connectivity index (χ0v) is 27.2. The Labute approximate surface area is 242 Å². The molecule has 2 atom stereocenters. The summed E-state index contributed by atoms with van der Waals surface area (Å²) in [5.41, 5.74) is -0.473. The normalized spacial score (nSPS) is 14.5. The van der Waals surface area contributed by atoms with Crippen LogP contribution >= 0.6 is 27.3 Å². The van der Waals surface area contributed by atoms with Crippen LogP contribution in [-0.4, -0.2) is 48.8 Å². The molecule has 2 amide bonds. The van der Waals surface area contributed by atoms with Crippen molar-refractivity contribution in [3.63, 3.8) is 0 Å². The van der Waals surface area contributed by atoms with Gasteiger partial charge in [0.05, 0.1) is 28.7 Å². The highest BCUT2D eigenvalue weighted by atomic mass is 79.9. The molecule has 0 aliphatic carbocycles. The van der Waals surface area contributed by atoms with Crippen molar-refractivity contribution in [3.05, 3.63) is 45.4 Å². The minimum atomic E-state index is -3.04. The Morgan fingerprint density at radius 3 is 2.10 bits per heavy atom. The molecule has 1 aromatic carbocycles. The number of halogens is 3. The third-order valence-electron chi connectivity index (χ3n) is 6.35. The number of rotatable bonds is 9. The Hall–Kier alpha value is -2.09. The predicted octanol–water partition coefficient (Wildman–Crippen LogP) is 8.16. The number of benzene rings is 1. The molecule has 39 heavy (non-hydrogen) atoms. The molecular formula is C26H38BrF2N3O5SSi. The van der Waals surface area contributed by atoms with Crippen LogP contribution in [0, 0.1) is 0 Å². The van der Waals surface area contributed by atoms with Crippen LogP contribution in [0.3, 0.4) is 0 Å². The third kappa shape index (κ3) is 9.50. The highest BCUT2D eigenvalue weighted by molar-refractivity contribution is 9.11. The van der Waals surface area contributed by atoms with E-state index in [1.807, 2.05) is 33.9 Å². The number of hydrogen-bond donors (Lipinski definition) is 2. The first-order valence-corrected chi connectivity index (χ1v) is 16.9. The fourth-order valence-corrected chi connectivity index (χ4v) is 5.80. The monoisotopic (exact) mass is 649 g/mol. The molecule has 0 saturated heterocycles. The van der Waals surface area contributed by atoms with E-state index in [0.717, 1.165) is 23.2 Å². The Kier molecular flexibility index (Phi) is 10.4. The van der Waals surface area contributed by atoms with Crippen molar-refractivity contribution in [2.24, 2.45) is 0 Å². The molecule has 218 valence electrons. The van der Waals surface area contributed by atoms with Crippen molar-refractivity contribution in [2.75, 3.05) is 11.4 Å². The topological polar surface area (TPSA) is 101 Å². The van der Waals surface area contributed by atoms with Gasteiger partial charge in [-0.15, -0.1) is 0 Å². The number of alkyl halides is 2. The number of anilines is 1. The molecule has 0 bridgehead atoms. The van der Waals surface area contributed by atoms with Crippen LogP contribution in [-0.2, 0) is 15.1 Å². The maximum atomic E-state index is 14.0. The van der Waals surface area contributed by atoms with Crippen LogP contribution in [0.4, 0.5) is 23.5 Å². The number of carbonyl (C=O) groups excluding carboxylic acids is 1. The maximum Gasteiger partial charge on any atom is 0.413 e. The standard InChI is InChI=1S/C26H38BrF2N3O5SSi/c1-24(2,3)36-22(33)31-18(15-32(23(34)35)21-30-14-19(27)38-21)20(37-39(8,9)25(4,5)6)16-10-12-17(13-11-16)26(7,28)29/h10-14,18,20H,15H2,1-9H3,(H,31,33)(H,34,35)/t18-,20+/m1/s1. The first kappa shape index (κ1) is 33.1. The third-order valence-corrected chi connectivity index (χ3v) is 12.3. The summed E-state index contributed by atoms with van der Waals surface area (Å²) in [6.07, 6.45) is -1.44. The van der Waals surface area contributed by atoms with Gasteiger partial charge in [-0.2, -0.15) is 0 Å². The number of ether oxygens (including phenoxy) is 1. The second-order valence-electron chi connectivity index (χ2n) is 11.9. The second kappa shape index (κ2) is 12.2. The van der Waals surface area contributed by atoms with Gasteiger partial charge in [0.1, 0.15) is 5.60 Å². The Morgan fingerprint density at radius 2 is 1.69 bits per heavy atom. The molecule has 0 aliphatic heterocycles. The van der Waals surface area contributed by atoms with E-state index in [9.17, 15) is 23.5 Å². The van der Waals surface area contributed by atoms with Gasteiger partial charge in [-0.25, -0.2) is 23.4 Å². The lowest BCUT2D eigenvalue weighted by atomic mass is 9.99. The number of alkyl carbamates (subject to hydrolysis) is 1. The van der Waals surface area contributed by atoms with Crippen molar-refractivity contribution >= 4 is 52.9 Å². The molecule has 13 heteroatoms. The minimum Gasteiger partial charge on any atom is -0.465 e. The van der Waals surface area contributed by atoms with Gasteiger partial charge in [0.15, 0.2) is 13.4 Å². The van der Waals surface area contributed by atoms with Crippen molar-refractivity contribution in [1.82, 2.24) is 10.3 Å². The van der Waals surface area contributed by atoms with Crippen LogP contribution in [0.25, 0.3) is 0 Å². The van der Waals surface area contributed by atoms with Gasteiger partial charge in [0, 0.05) is 12.5 Å². The van der Waals surface area contributed by atoms with E-state index < -0.39 is 44.2 Å². The van der Waals surface area contributed by atoms with Gasteiger partial charge in [0.25, 0.3) is 5.92 Å². The molecule has 0 aliphatic rings. The van der Waals surface area contributed by atoms with E-state index in [2.05, 4.69) is 26.2 Å². The lowest BCUT2D eigenvalue weighted by Crippen LogP contribution is -2.53. The lowest BCUT2D eigenvalue weighted by Gasteiger charge is -2.42. The average Bonchev–Trinajstić information content (AvgIpc) is 3.18. The Morgan fingerprint density at radius 1 is 1.13 bits per heavy atom. The van der Waals surface area contributed by atoms with E-state index >= 15 is 0 Å². The molecule has 0 radical (unpaired) electrons. The van der Waals surface area contributed by atoms with Gasteiger partial charge < -0.3 is 19.6 Å². The summed E-state index contributed by atoms with van der Waals surface area (Å²) in [5, 5.41) is 12.8. The number of nitrogens with zero attached hydrogens (tertiary/aromatic N) is 2. The van der Waals surface area contributed by atoms with Gasteiger partial charge in [0.2, 0.25) is 0 Å². The molecule has 2 N–H and O–H groups in total. The lowest BCUT2D eigenvalue weighted by molar-refractivity contribution is 0.0174. The van der Waals surface area contributed by atoms with Crippen LogP contribution in [0.15, 0.2) is 34.2 Å². The first-order chi connectivity index (χ1) is 17.6. The molecule has 0 spiro atoms. The Bertz CT molecular complexity index is 1140. The summed E-state index contributed by atoms with van der Waals surface area (Å²) in [6, 6.07) is 4.73. The van der Waals surface area contributed by atoms with Crippen LogP contribution < -0.4 is 10.2 Å². The fourth-order valence-electron chi connectivity index (χ4n) is 3.32. The highest BCUT2D eigenvalue weighted by Crippen LogP contribution is 2.41. The van der Waals surface area contributed by atoms with Gasteiger partial charge in [-0.3, -0.25) is 4.90 Å². The molecule has 0 fully saturated rings. The van der Waals surface area contributed by atoms with Gasteiger partial charge >= 0.3 is 12.2 Å². The van der Waals surface area contributed by atoms with E-state index in [4.69, 9.17) is 9.16 Å². The van der Waals surface area contributed by atoms with Crippen molar-refractivity contribution in [1.29, 1.82) is 0 Å². The van der Waals surface area contributed by atoms with Crippen LogP contribution in [0.2, 0.25) is 18.1 Å². The van der Waals surface area contributed by atoms with Crippen molar-refractivity contribution < 1.29 is 32.6 Å². The summed E-state index contributed by atoms with van der Waals surface area (Å²) in [4.78, 5) is 30.5. The van der Waals surface area contributed by atoms with E-state index in [0.29, 0.717) is 9.35 Å². The molecule has 8 nitrogen and oxygen atoms in total. The summed E-state index contributed by atoms with van der Waals surface area (Å²) in [7, 11) is -2.54. The number of aromatic nitrogens is 1. The quantitative estimate of drug-likeness (QED) is 0.266. The number of carbonyl (C=O) groups is 2. The predicted molar refractivity (Wildman–Crippen MR) is 155 cm³/mol. The van der Waals surface area contributed by atoms with Gasteiger partial charge in [-0.1, -0.05) is 56.4 Å². The summed E-state index contributed by atoms with van der Waals surface area (Å²) in [6.45, 7) is 15.9. The molecular weight excluding hydrogens is 612 g/mol. The first-order valence-electron chi connectivity index (χ1n) is 12.4. The number of carboxylic acid groups (broad SMARTS) is 1. The summed E-state index contributed by atoms with van der Waals surface area (Å²) >= 11 is 4.42. The smallest absolute Gasteiger partial charge is 0.413 e. The fraction of sp³-hybridized carbons (Fsp3) is 0.577. The zero-order chi connectivity index (χ0) is 30.0. The van der Waals surface area contributed by atoms with E-state index in [-0.39, 0.29) is 22.3 Å². The van der Waals surface area contributed by atoms with Crippen LogP contribution in [0.5, 0.6) is 0 Å². The number of thiazole rings is 1. The number of hydrogen-bond acceptors (Lipinski definition) is 6. The van der Waals surface area contributed by atoms with Crippen molar-refractivity contribution in [3.8, 4) is 0 Å². The second-order valence-corrected chi connectivity index (χ2v) is 19.0. The molecule has 1 heterocycles. The summed E-state index contributed by atoms with van der Waals surface area (Å²) < 4.78 is 40.8.